The molecule has 2 aromatic carbocycles. The van der Waals surface area contributed by atoms with Crippen LogP contribution >= 0.6 is 0 Å². The maximum Gasteiger partial charge on any atom is 0.279 e. The largest absolute Gasteiger partial charge is 0.497 e. The smallest absolute Gasteiger partial charge is 0.279 e. The fourth-order valence-electron chi connectivity index (χ4n) is 4.03. The fraction of sp³-hybridized carbons (Fsp3) is 0.417. The van der Waals surface area contributed by atoms with Gasteiger partial charge >= 0.3 is 0 Å². The fourth-order valence-corrected chi connectivity index (χ4v) is 4.03. The van der Waals surface area contributed by atoms with E-state index in [0.717, 1.165) is 37.4 Å². The molecule has 31 heavy (non-hydrogen) atoms. The van der Waals surface area contributed by atoms with Crippen molar-refractivity contribution in [3.8, 4) is 5.75 Å². The van der Waals surface area contributed by atoms with E-state index in [0.29, 0.717) is 11.4 Å². The maximum atomic E-state index is 12.4. The van der Waals surface area contributed by atoms with Crippen molar-refractivity contribution in [2.75, 3.05) is 45.7 Å². The lowest BCUT2D eigenvalue weighted by molar-refractivity contribution is -0.918. The SMILES string of the molecule is COc1cccc(NC(=O)C[NH+](C)CC(=O)NC2CC[NH+](Cc3ccccc3)CC2)c1. The average molecular weight is 427 g/mol. The first-order valence-corrected chi connectivity index (χ1v) is 10.9. The zero-order valence-electron chi connectivity index (χ0n) is 18.4. The van der Waals surface area contributed by atoms with E-state index in [2.05, 4.69) is 34.9 Å². The number of anilines is 1. The molecule has 0 radical (unpaired) electrons. The van der Waals surface area contributed by atoms with E-state index < -0.39 is 0 Å². The van der Waals surface area contributed by atoms with Gasteiger partial charge in [-0.05, 0) is 12.1 Å². The van der Waals surface area contributed by atoms with E-state index in [-0.39, 0.29) is 30.9 Å². The highest BCUT2D eigenvalue weighted by Crippen LogP contribution is 2.16. The molecule has 4 N–H and O–H groups in total. The number of hydrogen-bond acceptors (Lipinski definition) is 3. The topological polar surface area (TPSA) is 76.3 Å². The number of methoxy groups -OCH3 is 1. The second kappa shape index (κ2) is 11.5. The van der Waals surface area contributed by atoms with Crippen LogP contribution in [-0.4, -0.2) is 58.2 Å². The first-order valence-electron chi connectivity index (χ1n) is 10.9. The van der Waals surface area contributed by atoms with Crippen molar-refractivity contribution in [2.45, 2.75) is 25.4 Å². The van der Waals surface area contributed by atoms with Crippen molar-refractivity contribution in [2.24, 2.45) is 0 Å². The number of piperidine rings is 1. The minimum atomic E-state index is -0.128. The average Bonchev–Trinajstić information content (AvgIpc) is 2.75. The molecule has 1 aliphatic rings. The molecular weight excluding hydrogens is 392 g/mol. The van der Waals surface area contributed by atoms with Gasteiger partial charge in [-0.3, -0.25) is 9.59 Å². The van der Waals surface area contributed by atoms with E-state index >= 15 is 0 Å². The summed E-state index contributed by atoms with van der Waals surface area (Å²) in [5.41, 5.74) is 2.05. The molecule has 2 aromatic rings. The van der Waals surface area contributed by atoms with E-state index in [1.54, 1.807) is 18.1 Å². The molecule has 0 aromatic heterocycles. The molecule has 1 atom stereocenters. The Balaban J connectivity index is 1.35. The summed E-state index contributed by atoms with van der Waals surface area (Å²) in [6.45, 7) is 3.67. The summed E-state index contributed by atoms with van der Waals surface area (Å²) < 4.78 is 5.17. The van der Waals surface area contributed by atoms with Crippen LogP contribution in [0.3, 0.4) is 0 Å². The van der Waals surface area contributed by atoms with Gasteiger partial charge in [0.15, 0.2) is 13.1 Å². The lowest BCUT2D eigenvalue weighted by Crippen LogP contribution is -3.12. The van der Waals surface area contributed by atoms with Crippen LogP contribution in [0.15, 0.2) is 54.6 Å². The third kappa shape index (κ3) is 7.70. The first-order chi connectivity index (χ1) is 15.0. The molecule has 7 heteroatoms. The summed E-state index contributed by atoms with van der Waals surface area (Å²) in [7, 11) is 3.45. The number of nitrogens with one attached hydrogen (secondary N) is 4. The van der Waals surface area contributed by atoms with Crippen LogP contribution in [-0.2, 0) is 16.1 Å². The van der Waals surface area contributed by atoms with Crippen LogP contribution in [0.4, 0.5) is 5.69 Å². The van der Waals surface area contributed by atoms with Crippen molar-refractivity contribution >= 4 is 17.5 Å². The molecule has 1 fully saturated rings. The Bertz CT molecular complexity index is 851. The predicted octanol–water partition coefficient (Wildman–Crippen LogP) is -0.488. The molecule has 7 nitrogen and oxygen atoms in total. The number of likely N-dealkylation sites (tertiary alicyclic amines) is 1. The van der Waals surface area contributed by atoms with Gasteiger partial charge in [0.05, 0.1) is 27.2 Å². The Morgan fingerprint density at radius 2 is 1.74 bits per heavy atom. The summed E-state index contributed by atoms with van der Waals surface area (Å²) >= 11 is 0. The predicted molar refractivity (Wildman–Crippen MR) is 120 cm³/mol. The highest BCUT2D eigenvalue weighted by atomic mass is 16.5. The molecule has 1 saturated heterocycles. The molecule has 0 saturated carbocycles. The normalized spacial score (nSPS) is 19.3. The number of likely N-dealkylation sites (N-methyl/N-ethyl adjacent to an activating group) is 1. The van der Waals surface area contributed by atoms with Crippen LogP contribution in [0.1, 0.15) is 18.4 Å². The molecule has 1 heterocycles. The summed E-state index contributed by atoms with van der Waals surface area (Å²) in [6, 6.07) is 18.0. The van der Waals surface area contributed by atoms with Gasteiger partial charge in [-0.1, -0.05) is 36.4 Å². The van der Waals surface area contributed by atoms with E-state index in [1.165, 1.54) is 5.56 Å². The molecule has 3 rings (SSSR count). The van der Waals surface area contributed by atoms with Gasteiger partial charge in [0.2, 0.25) is 0 Å². The monoisotopic (exact) mass is 426 g/mol. The van der Waals surface area contributed by atoms with Crippen LogP contribution in [0.5, 0.6) is 5.75 Å². The zero-order valence-corrected chi connectivity index (χ0v) is 18.4. The van der Waals surface area contributed by atoms with Crippen LogP contribution < -0.4 is 25.2 Å². The Morgan fingerprint density at radius 3 is 2.45 bits per heavy atom. The van der Waals surface area contributed by atoms with Gasteiger partial charge in [-0.2, -0.15) is 0 Å². The molecule has 1 aliphatic heterocycles. The highest BCUT2D eigenvalue weighted by molar-refractivity contribution is 5.91. The molecule has 0 bridgehead atoms. The third-order valence-corrected chi connectivity index (χ3v) is 5.63. The Labute approximate surface area is 184 Å². The van der Waals surface area contributed by atoms with Gasteiger partial charge in [-0.25, -0.2) is 0 Å². The van der Waals surface area contributed by atoms with Crippen molar-refractivity contribution in [3.63, 3.8) is 0 Å². The first kappa shape index (κ1) is 22.8. The van der Waals surface area contributed by atoms with Crippen LogP contribution in [0, 0.1) is 0 Å². The van der Waals surface area contributed by atoms with Gasteiger partial charge in [0.25, 0.3) is 11.8 Å². The Hall–Kier alpha value is -2.90. The lowest BCUT2D eigenvalue weighted by atomic mass is 10.0. The number of benzene rings is 2. The van der Waals surface area contributed by atoms with Crippen molar-refractivity contribution in [1.29, 1.82) is 0 Å². The molecular formula is C24H34N4O3+2. The van der Waals surface area contributed by atoms with Crippen molar-refractivity contribution in [3.05, 3.63) is 60.2 Å². The van der Waals surface area contributed by atoms with E-state index in [1.807, 2.05) is 31.3 Å². The molecule has 166 valence electrons. The van der Waals surface area contributed by atoms with Crippen molar-refractivity contribution in [1.82, 2.24) is 5.32 Å². The van der Waals surface area contributed by atoms with Crippen LogP contribution in [0.25, 0.3) is 0 Å². The van der Waals surface area contributed by atoms with Gasteiger partial charge < -0.3 is 25.2 Å². The summed E-state index contributed by atoms with van der Waals surface area (Å²) in [4.78, 5) is 27.1. The number of amides is 2. The minimum absolute atomic E-state index is 0.00295. The summed E-state index contributed by atoms with van der Waals surface area (Å²) in [5.74, 6) is 0.564. The third-order valence-electron chi connectivity index (χ3n) is 5.63. The summed E-state index contributed by atoms with van der Waals surface area (Å²) in [6.07, 6.45) is 1.98. The van der Waals surface area contributed by atoms with Gasteiger partial charge in [0, 0.05) is 36.2 Å². The number of quaternary nitrogens is 2. The number of hydrogen-bond donors (Lipinski definition) is 4. The number of carbonyl (C=O) groups is 2. The molecule has 1 unspecified atom stereocenters. The van der Waals surface area contributed by atoms with Crippen molar-refractivity contribution < 1.29 is 24.1 Å². The standard InChI is InChI=1S/C24H32N4O3/c1-27(18-24(30)26-21-9-6-10-22(15-21)31-2)17-23(29)25-20-11-13-28(14-12-20)16-19-7-4-3-5-8-19/h3-10,15,20H,11-14,16-18H2,1-2H3,(H,25,29)(H,26,30)/p+2. The minimum Gasteiger partial charge on any atom is -0.497 e. The number of ether oxygens (including phenoxy) is 1. The molecule has 0 aliphatic carbocycles. The molecule has 2 amide bonds. The zero-order chi connectivity index (χ0) is 22.1. The Kier molecular flexibility index (Phi) is 8.44. The second-order valence-corrected chi connectivity index (χ2v) is 8.34. The molecule has 0 spiro atoms. The highest BCUT2D eigenvalue weighted by Gasteiger charge is 2.24. The Morgan fingerprint density at radius 1 is 1.03 bits per heavy atom. The maximum absolute atomic E-state index is 12.4. The van der Waals surface area contributed by atoms with Gasteiger partial charge in [0.1, 0.15) is 12.3 Å². The van der Waals surface area contributed by atoms with Gasteiger partial charge in [-0.15, -0.1) is 0 Å². The second-order valence-electron chi connectivity index (χ2n) is 8.34. The van der Waals surface area contributed by atoms with Crippen LogP contribution in [0.2, 0.25) is 0 Å². The van der Waals surface area contributed by atoms with E-state index in [4.69, 9.17) is 4.74 Å². The quantitative estimate of drug-likeness (QED) is 0.437. The van der Waals surface area contributed by atoms with E-state index in [9.17, 15) is 9.59 Å². The summed E-state index contributed by atoms with van der Waals surface area (Å²) in [5, 5.41) is 6.00. The number of rotatable bonds is 9. The lowest BCUT2D eigenvalue weighted by Gasteiger charge is -2.30. The number of carbonyl (C=O) groups excluding carboxylic acids is 2.